The topological polar surface area (TPSA) is 167 Å². The number of likely N-dealkylation sites (tertiary alicyclic amines) is 1. The van der Waals surface area contributed by atoms with Gasteiger partial charge in [0.05, 0.1) is 6.04 Å². The highest BCUT2D eigenvalue weighted by Gasteiger charge is 2.29. The second-order valence-corrected chi connectivity index (χ2v) is 13.8. The van der Waals surface area contributed by atoms with E-state index < -0.39 is 23.9 Å². The first-order valence-electron chi connectivity index (χ1n) is 17.0. The summed E-state index contributed by atoms with van der Waals surface area (Å²) in [7, 11) is 0. The van der Waals surface area contributed by atoms with E-state index >= 15 is 0 Å². The third kappa shape index (κ3) is 9.52. The number of aryl methyl sites for hydroxylation is 1. The number of hydrogen-bond donors (Lipinski definition) is 3. The Morgan fingerprint density at radius 1 is 0.980 bits per heavy atom. The van der Waals surface area contributed by atoms with Crippen molar-refractivity contribution in [2.75, 3.05) is 32.7 Å². The summed E-state index contributed by atoms with van der Waals surface area (Å²) in [6.07, 6.45) is 3.34. The summed E-state index contributed by atoms with van der Waals surface area (Å²) in [5.41, 5.74) is 1.28. The monoisotopic (exact) mass is 691 g/mol. The van der Waals surface area contributed by atoms with E-state index in [1.54, 1.807) is 22.1 Å². The number of carbonyl (C=O) groups is 5. The van der Waals surface area contributed by atoms with Crippen molar-refractivity contribution in [1.82, 2.24) is 35.7 Å². The van der Waals surface area contributed by atoms with Gasteiger partial charge in [-0.3, -0.25) is 24.0 Å². The van der Waals surface area contributed by atoms with Crippen molar-refractivity contribution in [1.29, 1.82) is 0 Å². The summed E-state index contributed by atoms with van der Waals surface area (Å²) in [6.45, 7) is 7.25. The second-order valence-electron chi connectivity index (χ2n) is 12.9. The Morgan fingerprint density at radius 3 is 2.53 bits per heavy atom. The molecule has 0 radical (unpaired) electrons. The Hall–Kier alpha value is -4.59. The largest absolute Gasteiger partial charge is 0.443 e. The lowest BCUT2D eigenvalue weighted by atomic mass is 10.0. The van der Waals surface area contributed by atoms with E-state index in [4.69, 9.17) is 4.42 Å². The Labute approximate surface area is 290 Å². The zero-order chi connectivity index (χ0) is 34.9. The minimum Gasteiger partial charge on any atom is -0.443 e. The van der Waals surface area contributed by atoms with Crippen LogP contribution in [0, 0.1) is 12.8 Å². The molecule has 1 aromatic carbocycles. The number of hydrogen-bond acceptors (Lipinski definition) is 9. The average molecular weight is 692 g/mol. The van der Waals surface area contributed by atoms with Crippen LogP contribution in [-0.4, -0.2) is 82.0 Å². The number of thiazole rings is 1. The zero-order valence-corrected chi connectivity index (χ0v) is 29.1. The van der Waals surface area contributed by atoms with Gasteiger partial charge in [0, 0.05) is 63.8 Å². The van der Waals surface area contributed by atoms with Crippen molar-refractivity contribution in [2.45, 2.75) is 77.8 Å². The fraction of sp³-hybridized carbons (Fsp3) is 0.514. The van der Waals surface area contributed by atoms with E-state index in [-0.39, 0.29) is 66.8 Å². The standard InChI is InChI=1S/C35H45N7O6S/c1-22(2)30-35-38-26(21-49-35)32(46)36-15-19-42(29(45)14-18-41-16-8-7-13-28(41)44)17-9-12-27(43)37-25(20-24-10-5-4-6-11-24)34-40-31(23(3)48-34)33(47)39-30/h4-6,10-11,21-22,25,30H,7-9,12-20H2,1-3H3,(H,36,46)(H,37,43)(H,39,47)/t25-,30-/m0/s1. The van der Waals surface area contributed by atoms with Crippen LogP contribution in [0.3, 0.4) is 0 Å². The second kappa shape index (κ2) is 16.7. The van der Waals surface area contributed by atoms with Gasteiger partial charge in [-0.05, 0) is 37.7 Å². The van der Waals surface area contributed by atoms with Gasteiger partial charge < -0.3 is 30.2 Å². The smallest absolute Gasteiger partial charge is 0.274 e. The number of piperidine rings is 1. The van der Waals surface area contributed by atoms with Crippen molar-refractivity contribution in [3.05, 3.63) is 69.3 Å². The van der Waals surface area contributed by atoms with Gasteiger partial charge in [0.1, 0.15) is 22.5 Å². The molecule has 2 aliphatic rings. The molecule has 2 aliphatic heterocycles. The first-order valence-corrected chi connectivity index (χ1v) is 17.9. The fourth-order valence-corrected chi connectivity index (χ4v) is 7.05. The van der Waals surface area contributed by atoms with E-state index in [9.17, 15) is 24.0 Å². The maximum atomic E-state index is 13.5. The van der Waals surface area contributed by atoms with E-state index in [1.807, 2.05) is 44.2 Å². The number of nitrogens with zero attached hydrogens (tertiary/aromatic N) is 4. The first kappa shape index (κ1) is 35.7. The summed E-state index contributed by atoms with van der Waals surface area (Å²) < 4.78 is 6.01. The highest BCUT2D eigenvalue weighted by Crippen LogP contribution is 2.27. The van der Waals surface area contributed by atoms with Crippen molar-refractivity contribution in [3.63, 3.8) is 0 Å². The summed E-state index contributed by atoms with van der Waals surface area (Å²) in [4.78, 5) is 78.1. The molecular formula is C35H45N7O6S. The van der Waals surface area contributed by atoms with E-state index in [0.29, 0.717) is 49.7 Å². The van der Waals surface area contributed by atoms with Crippen LogP contribution in [-0.2, 0) is 20.8 Å². The molecule has 0 saturated carbocycles. The first-order chi connectivity index (χ1) is 23.6. The van der Waals surface area contributed by atoms with Crippen LogP contribution in [0.2, 0.25) is 0 Å². The van der Waals surface area contributed by atoms with Crippen LogP contribution in [0.5, 0.6) is 0 Å². The van der Waals surface area contributed by atoms with Crippen molar-refractivity contribution in [3.8, 4) is 0 Å². The van der Waals surface area contributed by atoms with Gasteiger partial charge in [-0.25, -0.2) is 9.97 Å². The van der Waals surface area contributed by atoms with Crippen LogP contribution in [0.1, 0.15) is 108 Å². The number of amides is 5. The lowest BCUT2D eigenvalue weighted by Crippen LogP contribution is -2.42. The Morgan fingerprint density at radius 2 is 1.78 bits per heavy atom. The quantitative estimate of drug-likeness (QED) is 0.352. The molecule has 4 bridgehead atoms. The molecule has 2 aromatic heterocycles. The molecule has 5 rings (SSSR count). The molecule has 13 nitrogen and oxygen atoms in total. The third-order valence-electron chi connectivity index (χ3n) is 8.79. The highest BCUT2D eigenvalue weighted by atomic mass is 32.1. The molecule has 49 heavy (non-hydrogen) atoms. The van der Waals surface area contributed by atoms with E-state index in [2.05, 4.69) is 25.9 Å². The van der Waals surface area contributed by atoms with Gasteiger partial charge in [-0.2, -0.15) is 0 Å². The molecule has 2 atom stereocenters. The van der Waals surface area contributed by atoms with Crippen molar-refractivity contribution >= 4 is 40.9 Å². The summed E-state index contributed by atoms with van der Waals surface area (Å²) in [5, 5.41) is 11.1. The predicted octanol–water partition coefficient (Wildman–Crippen LogP) is 3.72. The van der Waals surface area contributed by atoms with Gasteiger partial charge in [0.15, 0.2) is 5.69 Å². The lowest BCUT2D eigenvalue weighted by molar-refractivity contribution is -0.136. The van der Waals surface area contributed by atoms with Crippen molar-refractivity contribution in [2.24, 2.45) is 5.92 Å². The number of carbonyl (C=O) groups excluding carboxylic acids is 5. The number of nitrogens with one attached hydrogen (secondary N) is 3. The number of oxazole rings is 1. The Bertz CT molecular complexity index is 1640. The average Bonchev–Trinajstić information content (AvgIpc) is 3.73. The minimum atomic E-state index is -0.641. The predicted molar refractivity (Wildman–Crippen MR) is 183 cm³/mol. The van der Waals surface area contributed by atoms with Crippen LogP contribution in [0.25, 0.3) is 0 Å². The Kier molecular flexibility index (Phi) is 12.2. The van der Waals surface area contributed by atoms with Crippen LogP contribution < -0.4 is 16.0 Å². The number of benzene rings is 1. The van der Waals surface area contributed by atoms with Gasteiger partial charge >= 0.3 is 0 Å². The number of fused-ring (bicyclic) bond motifs is 4. The summed E-state index contributed by atoms with van der Waals surface area (Å²) in [6, 6.07) is 8.49. The normalized spacial score (nSPS) is 20.1. The fourth-order valence-electron chi connectivity index (χ4n) is 6.02. The SMILES string of the molecule is Cc1oc2nc1C(=O)N[C@@H](C(C)C)c1nc(cs1)C(=O)NCCN(C(=O)CCN1CCCCC1=O)CCCC(=O)N[C@H]2Cc1ccccc1. The van der Waals surface area contributed by atoms with E-state index in [0.717, 1.165) is 18.4 Å². The van der Waals surface area contributed by atoms with Crippen molar-refractivity contribution < 1.29 is 28.4 Å². The van der Waals surface area contributed by atoms with E-state index in [1.165, 1.54) is 11.3 Å². The van der Waals surface area contributed by atoms with Gasteiger partial charge in [0.25, 0.3) is 11.8 Å². The molecule has 1 fully saturated rings. The van der Waals surface area contributed by atoms with Crippen LogP contribution in [0.4, 0.5) is 0 Å². The molecule has 0 spiro atoms. The molecule has 0 unspecified atom stereocenters. The molecule has 4 heterocycles. The molecule has 262 valence electrons. The number of rotatable bonds is 6. The molecular weight excluding hydrogens is 646 g/mol. The maximum Gasteiger partial charge on any atom is 0.274 e. The zero-order valence-electron chi connectivity index (χ0n) is 28.3. The van der Waals surface area contributed by atoms with Crippen LogP contribution in [0.15, 0.2) is 40.1 Å². The summed E-state index contributed by atoms with van der Waals surface area (Å²) in [5.74, 6) is -0.698. The van der Waals surface area contributed by atoms with Gasteiger partial charge in [-0.1, -0.05) is 44.2 Å². The third-order valence-corrected chi connectivity index (χ3v) is 9.71. The molecule has 0 aliphatic carbocycles. The van der Waals surface area contributed by atoms with Gasteiger partial charge in [-0.15, -0.1) is 11.3 Å². The minimum absolute atomic E-state index is 0.0551. The Balaban J connectivity index is 1.39. The molecule has 3 aromatic rings. The summed E-state index contributed by atoms with van der Waals surface area (Å²) >= 11 is 1.28. The maximum absolute atomic E-state index is 13.5. The van der Waals surface area contributed by atoms with Gasteiger partial charge in [0.2, 0.25) is 23.6 Å². The molecule has 1 saturated heterocycles. The molecule has 14 heteroatoms. The number of aromatic nitrogens is 2. The lowest BCUT2D eigenvalue weighted by Gasteiger charge is -2.28. The molecule has 3 N–H and O–H groups in total. The van der Waals surface area contributed by atoms with Crippen LogP contribution >= 0.6 is 11.3 Å². The highest BCUT2D eigenvalue weighted by molar-refractivity contribution is 7.09. The molecule has 5 amide bonds.